The van der Waals surface area contributed by atoms with E-state index in [0.29, 0.717) is 12.6 Å². The Morgan fingerprint density at radius 1 is 1.38 bits per heavy atom. The summed E-state index contributed by atoms with van der Waals surface area (Å²) >= 11 is 1.97. The van der Waals surface area contributed by atoms with E-state index in [1.807, 2.05) is 25.6 Å². The van der Waals surface area contributed by atoms with Gasteiger partial charge in [0.25, 0.3) is 0 Å². The van der Waals surface area contributed by atoms with Gasteiger partial charge in [-0.15, -0.1) is 0 Å². The van der Waals surface area contributed by atoms with Gasteiger partial charge in [0, 0.05) is 12.6 Å². The molecule has 0 bridgehead atoms. The zero-order valence-corrected chi connectivity index (χ0v) is 11.2. The smallest absolute Gasteiger partial charge is 0.227 e. The van der Waals surface area contributed by atoms with Gasteiger partial charge in [0.2, 0.25) is 5.91 Å². The molecule has 3 N–H and O–H groups in total. The number of rotatable bonds is 5. The summed E-state index contributed by atoms with van der Waals surface area (Å²) in [7, 11) is 0. The van der Waals surface area contributed by atoms with Crippen molar-refractivity contribution in [2.24, 2.45) is 11.1 Å². The summed E-state index contributed by atoms with van der Waals surface area (Å²) in [6.45, 7) is 4.55. The first-order valence-electron chi connectivity index (χ1n) is 6.27. The Kier molecular flexibility index (Phi) is 5.62. The fraction of sp³-hybridized carbons (Fsp3) is 0.917. The molecule has 1 fully saturated rings. The molecule has 16 heavy (non-hydrogen) atoms. The molecule has 0 unspecified atom stereocenters. The van der Waals surface area contributed by atoms with Crippen LogP contribution in [0.3, 0.4) is 0 Å². The number of carbonyl (C=O) groups excluding carboxylic acids is 1. The van der Waals surface area contributed by atoms with Gasteiger partial charge in [-0.2, -0.15) is 11.8 Å². The van der Waals surface area contributed by atoms with Crippen LogP contribution >= 0.6 is 11.8 Å². The van der Waals surface area contributed by atoms with Gasteiger partial charge in [0.1, 0.15) is 0 Å². The van der Waals surface area contributed by atoms with Gasteiger partial charge < -0.3 is 11.1 Å². The van der Waals surface area contributed by atoms with Crippen molar-refractivity contribution in [1.82, 2.24) is 5.32 Å². The molecule has 1 aliphatic heterocycles. The number of hydrogen-bond donors (Lipinski definition) is 2. The van der Waals surface area contributed by atoms with Crippen molar-refractivity contribution < 1.29 is 4.79 Å². The SMILES string of the molecule is CCC(CC)(CN)C(=O)NC1CCSCC1. The Morgan fingerprint density at radius 3 is 2.38 bits per heavy atom. The van der Waals surface area contributed by atoms with Crippen LogP contribution in [0.4, 0.5) is 0 Å². The van der Waals surface area contributed by atoms with Gasteiger partial charge in [0.15, 0.2) is 0 Å². The summed E-state index contributed by atoms with van der Waals surface area (Å²) in [5.74, 6) is 2.49. The van der Waals surface area contributed by atoms with Crippen molar-refractivity contribution in [3.05, 3.63) is 0 Å². The average molecular weight is 244 g/mol. The molecule has 94 valence electrons. The predicted octanol–water partition coefficient (Wildman–Crippen LogP) is 1.76. The minimum Gasteiger partial charge on any atom is -0.353 e. The Bertz CT molecular complexity index is 215. The quantitative estimate of drug-likeness (QED) is 0.775. The number of hydrogen-bond acceptors (Lipinski definition) is 3. The van der Waals surface area contributed by atoms with Crippen LogP contribution in [0.1, 0.15) is 39.5 Å². The van der Waals surface area contributed by atoms with E-state index in [-0.39, 0.29) is 11.3 Å². The summed E-state index contributed by atoms with van der Waals surface area (Å²) in [6, 6.07) is 0.373. The van der Waals surface area contributed by atoms with Crippen molar-refractivity contribution in [2.45, 2.75) is 45.6 Å². The van der Waals surface area contributed by atoms with Gasteiger partial charge in [-0.25, -0.2) is 0 Å². The van der Waals surface area contributed by atoms with E-state index in [0.717, 1.165) is 25.7 Å². The number of nitrogens with two attached hydrogens (primary N) is 1. The summed E-state index contributed by atoms with van der Waals surface area (Å²) in [4.78, 5) is 12.2. The van der Waals surface area contributed by atoms with Crippen LogP contribution in [-0.2, 0) is 4.79 Å². The lowest BCUT2D eigenvalue weighted by atomic mass is 9.81. The highest BCUT2D eigenvalue weighted by Crippen LogP contribution is 2.26. The molecule has 4 heteroatoms. The van der Waals surface area contributed by atoms with Crippen LogP contribution in [0.25, 0.3) is 0 Å². The van der Waals surface area contributed by atoms with Gasteiger partial charge in [-0.3, -0.25) is 4.79 Å². The van der Waals surface area contributed by atoms with Crippen molar-refractivity contribution in [3.8, 4) is 0 Å². The van der Waals surface area contributed by atoms with Crippen LogP contribution in [-0.4, -0.2) is 30.0 Å². The fourth-order valence-electron chi connectivity index (χ4n) is 2.13. The first kappa shape index (κ1) is 13.8. The zero-order chi connectivity index (χ0) is 12.0. The molecule has 3 nitrogen and oxygen atoms in total. The number of thioether (sulfide) groups is 1. The summed E-state index contributed by atoms with van der Waals surface area (Å²) in [5, 5.41) is 3.18. The van der Waals surface area contributed by atoms with E-state index in [9.17, 15) is 4.79 Å². The Labute approximate surface area is 103 Å². The molecule has 0 aromatic carbocycles. The average Bonchev–Trinajstić information content (AvgIpc) is 2.33. The second-order valence-electron chi connectivity index (χ2n) is 4.55. The molecule has 1 amide bonds. The van der Waals surface area contributed by atoms with Crippen LogP contribution in [0, 0.1) is 5.41 Å². The fourth-order valence-corrected chi connectivity index (χ4v) is 3.24. The molecule has 0 atom stereocenters. The lowest BCUT2D eigenvalue weighted by molar-refractivity contribution is -0.131. The van der Waals surface area contributed by atoms with E-state index < -0.39 is 0 Å². The minimum atomic E-state index is -0.343. The number of amides is 1. The first-order valence-corrected chi connectivity index (χ1v) is 7.42. The van der Waals surface area contributed by atoms with E-state index in [2.05, 4.69) is 5.32 Å². The zero-order valence-electron chi connectivity index (χ0n) is 10.4. The topological polar surface area (TPSA) is 55.1 Å². The standard InChI is InChI=1S/C12H24N2OS/c1-3-12(4-2,9-13)11(15)14-10-5-7-16-8-6-10/h10H,3-9,13H2,1-2H3,(H,14,15). The maximum Gasteiger partial charge on any atom is 0.227 e. The van der Waals surface area contributed by atoms with E-state index in [1.54, 1.807) is 0 Å². The first-order chi connectivity index (χ1) is 7.68. The molecular weight excluding hydrogens is 220 g/mol. The summed E-state index contributed by atoms with van der Waals surface area (Å²) in [6.07, 6.45) is 3.86. The molecule has 0 spiro atoms. The van der Waals surface area contributed by atoms with Crippen LogP contribution in [0.5, 0.6) is 0 Å². The molecule has 0 radical (unpaired) electrons. The maximum atomic E-state index is 12.2. The normalized spacial score (nSPS) is 18.4. The summed E-state index contributed by atoms with van der Waals surface area (Å²) < 4.78 is 0. The largest absolute Gasteiger partial charge is 0.353 e. The molecule has 1 aliphatic rings. The van der Waals surface area contributed by atoms with Gasteiger partial charge in [-0.05, 0) is 37.2 Å². The van der Waals surface area contributed by atoms with Gasteiger partial charge in [0.05, 0.1) is 5.41 Å². The third-order valence-electron chi connectivity index (χ3n) is 3.78. The van der Waals surface area contributed by atoms with Crippen molar-refractivity contribution in [3.63, 3.8) is 0 Å². The second kappa shape index (κ2) is 6.50. The lowest BCUT2D eigenvalue weighted by Crippen LogP contribution is -2.49. The third-order valence-corrected chi connectivity index (χ3v) is 4.83. The Balaban J connectivity index is 2.54. The maximum absolute atomic E-state index is 12.2. The molecule has 0 saturated carbocycles. The van der Waals surface area contributed by atoms with Crippen LogP contribution in [0.2, 0.25) is 0 Å². The lowest BCUT2D eigenvalue weighted by Gasteiger charge is -2.32. The van der Waals surface area contributed by atoms with Gasteiger partial charge >= 0.3 is 0 Å². The molecule has 1 saturated heterocycles. The Hall–Kier alpha value is -0.220. The second-order valence-corrected chi connectivity index (χ2v) is 5.78. The molecule has 0 aliphatic carbocycles. The van der Waals surface area contributed by atoms with Crippen LogP contribution in [0.15, 0.2) is 0 Å². The predicted molar refractivity (Wildman–Crippen MR) is 70.6 cm³/mol. The third kappa shape index (κ3) is 3.14. The van der Waals surface area contributed by atoms with E-state index in [4.69, 9.17) is 5.73 Å². The van der Waals surface area contributed by atoms with Crippen molar-refractivity contribution in [1.29, 1.82) is 0 Å². The summed E-state index contributed by atoms with van der Waals surface area (Å²) in [5.41, 5.74) is 5.43. The van der Waals surface area contributed by atoms with E-state index in [1.165, 1.54) is 11.5 Å². The van der Waals surface area contributed by atoms with Crippen molar-refractivity contribution >= 4 is 17.7 Å². The highest BCUT2D eigenvalue weighted by Gasteiger charge is 2.34. The van der Waals surface area contributed by atoms with Crippen molar-refractivity contribution in [2.75, 3.05) is 18.1 Å². The molecule has 0 aromatic rings. The van der Waals surface area contributed by atoms with Gasteiger partial charge in [-0.1, -0.05) is 13.8 Å². The molecular formula is C12H24N2OS. The highest BCUT2D eigenvalue weighted by atomic mass is 32.2. The van der Waals surface area contributed by atoms with Crippen LogP contribution < -0.4 is 11.1 Å². The minimum absolute atomic E-state index is 0.164. The van der Waals surface area contributed by atoms with E-state index >= 15 is 0 Å². The number of carbonyl (C=O) groups is 1. The molecule has 0 aromatic heterocycles. The number of nitrogens with one attached hydrogen (secondary N) is 1. The Morgan fingerprint density at radius 2 is 1.94 bits per heavy atom. The molecule has 1 rings (SSSR count). The monoisotopic (exact) mass is 244 g/mol. The molecule has 1 heterocycles. The highest BCUT2D eigenvalue weighted by molar-refractivity contribution is 7.99.